The maximum absolute atomic E-state index is 12.4. The van der Waals surface area contributed by atoms with Gasteiger partial charge in [0.15, 0.2) is 5.78 Å². The molecule has 22 heavy (non-hydrogen) atoms. The Balaban J connectivity index is 2.36. The summed E-state index contributed by atoms with van der Waals surface area (Å²) < 4.78 is 3.07. The maximum Gasteiger partial charge on any atom is 0.334 e. The molecule has 0 fully saturated rings. The first-order valence-corrected chi connectivity index (χ1v) is 6.90. The van der Waals surface area contributed by atoms with Crippen LogP contribution < -0.4 is 5.56 Å². The largest absolute Gasteiger partial charge is 0.349 e. The third kappa shape index (κ3) is 2.69. The van der Waals surface area contributed by atoms with Crippen molar-refractivity contribution < 1.29 is 9.72 Å². The van der Waals surface area contributed by atoms with Crippen LogP contribution in [0.3, 0.4) is 0 Å². The molecule has 0 spiro atoms. The van der Waals surface area contributed by atoms with Crippen LogP contribution in [0.4, 0.5) is 5.69 Å². The van der Waals surface area contributed by atoms with E-state index >= 15 is 0 Å². The molecule has 0 aromatic carbocycles. The number of ketones is 1. The van der Waals surface area contributed by atoms with Crippen molar-refractivity contribution in [3.8, 4) is 0 Å². The Kier molecular flexibility index (Phi) is 4.25. The lowest BCUT2D eigenvalue weighted by Crippen LogP contribution is -2.25. The van der Waals surface area contributed by atoms with Gasteiger partial charge in [-0.1, -0.05) is 0 Å². The summed E-state index contributed by atoms with van der Waals surface area (Å²) in [4.78, 5) is 34.4. The van der Waals surface area contributed by atoms with Gasteiger partial charge < -0.3 is 9.13 Å². The van der Waals surface area contributed by atoms with Crippen molar-refractivity contribution in [2.24, 2.45) is 0 Å². The van der Waals surface area contributed by atoms with E-state index in [9.17, 15) is 19.7 Å². The molecule has 116 valence electrons. The zero-order valence-corrected chi connectivity index (χ0v) is 12.7. The Morgan fingerprint density at radius 3 is 2.59 bits per heavy atom. The van der Waals surface area contributed by atoms with Crippen molar-refractivity contribution in [2.45, 2.75) is 33.9 Å². The molecule has 7 nitrogen and oxygen atoms in total. The lowest BCUT2D eigenvalue weighted by molar-refractivity contribution is -0.386. The Morgan fingerprint density at radius 1 is 1.36 bits per heavy atom. The molecule has 0 saturated heterocycles. The molecule has 0 aliphatic heterocycles. The van der Waals surface area contributed by atoms with Crippen molar-refractivity contribution >= 4 is 11.5 Å². The summed E-state index contributed by atoms with van der Waals surface area (Å²) in [5, 5.41) is 10.8. The molecule has 0 amide bonds. The highest BCUT2D eigenvalue weighted by atomic mass is 16.6. The van der Waals surface area contributed by atoms with E-state index in [1.165, 1.54) is 12.3 Å². The predicted molar refractivity (Wildman–Crippen MR) is 81.3 cm³/mol. The number of pyridine rings is 1. The summed E-state index contributed by atoms with van der Waals surface area (Å²) >= 11 is 0. The van der Waals surface area contributed by atoms with Crippen LogP contribution in [0.5, 0.6) is 0 Å². The van der Waals surface area contributed by atoms with Crippen molar-refractivity contribution in [1.29, 1.82) is 0 Å². The summed E-state index contributed by atoms with van der Waals surface area (Å²) in [6.07, 6.45) is 1.38. The van der Waals surface area contributed by atoms with E-state index in [-0.39, 0.29) is 12.3 Å². The van der Waals surface area contributed by atoms with Gasteiger partial charge in [0, 0.05) is 35.8 Å². The minimum atomic E-state index is -0.773. The van der Waals surface area contributed by atoms with Crippen molar-refractivity contribution in [3.05, 3.63) is 61.8 Å². The lowest BCUT2D eigenvalue weighted by atomic mass is 10.1. The number of aryl methyl sites for hydroxylation is 1. The summed E-state index contributed by atoms with van der Waals surface area (Å²) in [6.45, 7) is 6.28. The molecule has 2 rings (SSSR count). The number of nitrogens with zero attached hydrogens (tertiary/aromatic N) is 3. The molecule has 2 aromatic heterocycles. The molecule has 7 heteroatoms. The van der Waals surface area contributed by atoms with Gasteiger partial charge in [0.25, 0.3) is 0 Å². The minimum absolute atomic E-state index is 0.214. The Hall–Kier alpha value is -2.70. The van der Waals surface area contributed by atoms with Gasteiger partial charge in [-0.2, -0.15) is 0 Å². The van der Waals surface area contributed by atoms with Crippen LogP contribution in [-0.2, 0) is 13.1 Å². The highest BCUT2D eigenvalue weighted by molar-refractivity contribution is 5.97. The van der Waals surface area contributed by atoms with E-state index in [2.05, 4.69) is 0 Å². The van der Waals surface area contributed by atoms with Crippen LogP contribution in [0.25, 0.3) is 0 Å². The second-order valence-corrected chi connectivity index (χ2v) is 5.04. The number of nitro groups is 1. The van der Waals surface area contributed by atoms with E-state index in [4.69, 9.17) is 0 Å². The van der Waals surface area contributed by atoms with Gasteiger partial charge in [-0.05, 0) is 32.9 Å². The molecular formula is C15H17N3O4. The van der Waals surface area contributed by atoms with Crippen LogP contribution in [0, 0.1) is 24.0 Å². The number of rotatable bonds is 5. The molecular weight excluding hydrogens is 286 g/mol. The first-order chi connectivity index (χ1) is 10.4. The Morgan fingerprint density at radius 2 is 2.05 bits per heavy atom. The summed E-state index contributed by atoms with van der Waals surface area (Å²) in [6, 6.07) is 4.30. The summed E-state index contributed by atoms with van der Waals surface area (Å²) in [5.41, 5.74) is 1.04. The van der Waals surface area contributed by atoms with Crippen LogP contribution in [-0.4, -0.2) is 19.8 Å². The van der Waals surface area contributed by atoms with E-state index in [1.807, 2.05) is 25.3 Å². The van der Waals surface area contributed by atoms with Crippen molar-refractivity contribution in [1.82, 2.24) is 9.13 Å². The quantitative estimate of drug-likeness (QED) is 0.480. The van der Waals surface area contributed by atoms with E-state index < -0.39 is 16.2 Å². The van der Waals surface area contributed by atoms with Gasteiger partial charge >= 0.3 is 11.2 Å². The second kappa shape index (κ2) is 5.97. The monoisotopic (exact) mass is 303 g/mol. The maximum atomic E-state index is 12.4. The number of hydrogen-bond acceptors (Lipinski definition) is 4. The molecule has 0 N–H and O–H groups in total. The predicted octanol–water partition coefficient (Wildman–Crippen LogP) is 2.08. The zero-order valence-electron chi connectivity index (χ0n) is 12.7. The van der Waals surface area contributed by atoms with Gasteiger partial charge in [0.2, 0.25) is 0 Å². The summed E-state index contributed by atoms with van der Waals surface area (Å²) in [7, 11) is 0. The highest BCUT2D eigenvalue weighted by Gasteiger charge is 2.18. The SMILES string of the molecule is CCn1c(C)cc(C(=O)Cn2cccc([N+](=O)[O-])c2=O)c1C. The fourth-order valence-electron chi connectivity index (χ4n) is 2.60. The molecule has 0 saturated carbocycles. The standard InChI is InChI=1S/C15H17N3O4/c1-4-17-10(2)8-12(11(17)3)14(19)9-16-7-5-6-13(15(16)20)18(21)22/h5-8H,4,9H2,1-3H3. The molecule has 0 radical (unpaired) electrons. The molecule has 0 aliphatic rings. The Bertz CT molecular complexity index is 802. The van der Waals surface area contributed by atoms with Crippen LogP contribution >= 0.6 is 0 Å². The minimum Gasteiger partial charge on any atom is -0.349 e. The zero-order chi connectivity index (χ0) is 16.4. The number of Topliss-reactive ketones (excluding diaryl/α,β-unsaturated/α-hetero) is 1. The smallest absolute Gasteiger partial charge is 0.334 e. The number of hydrogen-bond donors (Lipinski definition) is 0. The first kappa shape index (κ1) is 15.7. The molecule has 0 bridgehead atoms. The van der Waals surface area contributed by atoms with E-state index in [0.29, 0.717) is 5.56 Å². The number of aromatic nitrogens is 2. The van der Waals surface area contributed by atoms with E-state index in [1.54, 1.807) is 6.07 Å². The van der Waals surface area contributed by atoms with Gasteiger partial charge in [-0.25, -0.2) is 0 Å². The molecule has 0 unspecified atom stereocenters. The van der Waals surface area contributed by atoms with E-state index in [0.717, 1.165) is 28.6 Å². The average molecular weight is 303 g/mol. The van der Waals surface area contributed by atoms with Crippen LogP contribution in [0.1, 0.15) is 28.7 Å². The molecule has 0 aliphatic carbocycles. The van der Waals surface area contributed by atoms with Gasteiger partial charge in [0.05, 0.1) is 11.5 Å². The molecule has 2 heterocycles. The van der Waals surface area contributed by atoms with Gasteiger partial charge in [-0.15, -0.1) is 0 Å². The number of carbonyl (C=O) groups is 1. The van der Waals surface area contributed by atoms with Gasteiger partial charge in [-0.3, -0.25) is 19.7 Å². The fraction of sp³-hybridized carbons (Fsp3) is 0.333. The third-order valence-electron chi connectivity index (χ3n) is 3.70. The summed E-state index contributed by atoms with van der Waals surface area (Å²) in [5.74, 6) is -0.240. The second-order valence-electron chi connectivity index (χ2n) is 5.04. The lowest BCUT2D eigenvalue weighted by Gasteiger charge is -2.07. The molecule has 2 aromatic rings. The van der Waals surface area contributed by atoms with Crippen molar-refractivity contribution in [2.75, 3.05) is 0 Å². The average Bonchev–Trinajstić information content (AvgIpc) is 2.75. The fourth-order valence-corrected chi connectivity index (χ4v) is 2.60. The number of carbonyl (C=O) groups excluding carboxylic acids is 1. The normalized spacial score (nSPS) is 10.7. The Labute approximate surface area is 127 Å². The van der Waals surface area contributed by atoms with Gasteiger partial charge in [0.1, 0.15) is 0 Å². The first-order valence-electron chi connectivity index (χ1n) is 6.90. The van der Waals surface area contributed by atoms with Crippen LogP contribution in [0.2, 0.25) is 0 Å². The topological polar surface area (TPSA) is 87.1 Å². The molecule has 0 atom stereocenters. The van der Waals surface area contributed by atoms with Crippen LogP contribution in [0.15, 0.2) is 29.2 Å². The van der Waals surface area contributed by atoms with Crippen molar-refractivity contribution in [3.63, 3.8) is 0 Å². The highest BCUT2D eigenvalue weighted by Crippen LogP contribution is 2.16. The third-order valence-corrected chi connectivity index (χ3v) is 3.70.